The number of fused-ring (bicyclic) bond motifs is 1. The van der Waals surface area contributed by atoms with Gasteiger partial charge in [-0.15, -0.1) is 0 Å². The molecule has 100 valence electrons. The molecule has 1 aliphatic heterocycles. The van der Waals surface area contributed by atoms with Crippen LogP contribution < -0.4 is 4.74 Å². The maximum Gasteiger partial charge on any atom is 0.273 e. The highest BCUT2D eigenvalue weighted by atomic mass is 19.1. The van der Waals surface area contributed by atoms with Gasteiger partial charge in [-0.1, -0.05) is 6.07 Å². The van der Waals surface area contributed by atoms with Crippen LogP contribution >= 0.6 is 0 Å². The van der Waals surface area contributed by atoms with Gasteiger partial charge in [0.15, 0.2) is 5.75 Å². The molecule has 2 aromatic rings. The van der Waals surface area contributed by atoms with E-state index in [1.54, 1.807) is 18.2 Å². The lowest BCUT2D eigenvalue weighted by Crippen LogP contribution is -2.16. The van der Waals surface area contributed by atoms with E-state index >= 15 is 0 Å². The van der Waals surface area contributed by atoms with Gasteiger partial charge in [0.2, 0.25) is 0 Å². The number of Topliss-reactive ketones (excluding diaryl/α,β-unsaturated/α-hetero) is 1. The summed E-state index contributed by atoms with van der Waals surface area (Å²) < 4.78 is 18.6. The standard InChI is InChI=1S/C15H10FNO3/c1-20-12-4-2-3-11-14(12)17(19)13(15(11)18)9-5-7-10(16)8-6-9/h2-8H,1H3. The normalized spacial score (nSPS) is 13.6. The molecule has 0 bridgehead atoms. The minimum Gasteiger partial charge on any atom is -0.618 e. The van der Waals surface area contributed by atoms with E-state index in [2.05, 4.69) is 0 Å². The van der Waals surface area contributed by atoms with Gasteiger partial charge in [0.1, 0.15) is 11.4 Å². The van der Waals surface area contributed by atoms with E-state index < -0.39 is 5.82 Å². The van der Waals surface area contributed by atoms with Crippen LogP contribution in [0.4, 0.5) is 10.1 Å². The lowest BCUT2D eigenvalue weighted by molar-refractivity contribution is -0.356. The van der Waals surface area contributed by atoms with Crippen molar-refractivity contribution < 1.29 is 18.7 Å². The second kappa shape index (κ2) is 4.45. The molecule has 5 heteroatoms. The molecule has 2 aromatic carbocycles. The summed E-state index contributed by atoms with van der Waals surface area (Å²) in [6, 6.07) is 10.1. The van der Waals surface area contributed by atoms with Crippen LogP contribution in [0.25, 0.3) is 0 Å². The van der Waals surface area contributed by atoms with Gasteiger partial charge in [-0.2, -0.15) is 4.74 Å². The Morgan fingerprint density at radius 3 is 2.50 bits per heavy atom. The number of carbonyl (C=O) groups is 1. The van der Waals surface area contributed by atoms with Gasteiger partial charge in [0.25, 0.3) is 17.2 Å². The molecule has 0 aromatic heterocycles. The molecule has 1 heterocycles. The summed E-state index contributed by atoms with van der Waals surface area (Å²) in [6.07, 6.45) is 0. The van der Waals surface area contributed by atoms with Crippen molar-refractivity contribution in [3.05, 3.63) is 64.6 Å². The zero-order valence-electron chi connectivity index (χ0n) is 10.6. The Morgan fingerprint density at radius 1 is 1.15 bits per heavy atom. The second-order valence-electron chi connectivity index (χ2n) is 4.34. The van der Waals surface area contributed by atoms with Crippen LogP contribution in [-0.2, 0) is 0 Å². The highest BCUT2D eigenvalue weighted by Gasteiger charge is 2.38. The Hall–Kier alpha value is -2.69. The van der Waals surface area contributed by atoms with E-state index in [1.165, 1.54) is 31.4 Å². The third kappa shape index (κ3) is 1.67. The van der Waals surface area contributed by atoms with Crippen molar-refractivity contribution in [2.45, 2.75) is 0 Å². The van der Waals surface area contributed by atoms with Gasteiger partial charge in [0, 0.05) is 0 Å². The number of hydrogen-bond donors (Lipinski definition) is 0. The van der Waals surface area contributed by atoms with Gasteiger partial charge in [-0.05, 0) is 36.4 Å². The first-order valence-electron chi connectivity index (χ1n) is 5.95. The number of nitrogens with zero attached hydrogens (tertiary/aromatic N) is 1. The Kier molecular flexibility index (Phi) is 2.75. The zero-order valence-corrected chi connectivity index (χ0v) is 10.6. The van der Waals surface area contributed by atoms with Gasteiger partial charge in [0.05, 0.1) is 12.7 Å². The summed E-state index contributed by atoms with van der Waals surface area (Å²) in [5.41, 5.74) is 0.840. The topological polar surface area (TPSA) is 52.4 Å². The molecule has 20 heavy (non-hydrogen) atoms. The summed E-state index contributed by atoms with van der Waals surface area (Å²) >= 11 is 0. The van der Waals surface area contributed by atoms with Crippen LogP contribution in [-0.4, -0.2) is 23.3 Å². The molecule has 0 saturated carbocycles. The molecule has 0 unspecified atom stereocenters. The Balaban J connectivity index is 2.21. The van der Waals surface area contributed by atoms with Crippen LogP contribution in [0.15, 0.2) is 42.5 Å². The van der Waals surface area contributed by atoms with Gasteiger partial charge in [-0.25, -0.2) is 4.39 Å². The number of ether oxygens (including phenoxy) is 1. The zero-order chi connectivity index (χ0) is 14.3. The minimum absolute atomic E-state index is 0.0236. The molecule has 3 rings (SSSR count). The number of methoxy groups -OCH3 is 1. The fourth-order valence-electron chi connectivity index (χ4n) is 2.27. The van der Waals surface area contributed by atoms with Crippen LogP contribution in [0.5, 0.6) is 5.75 Å². The predicted molar refractivity (Wildman–Crippen MR) is 71.1 cm³/mol. The molecule has 0 atom stereocenters. The van der Waals surface area contributed by atoms with E-state index in [4.69, 9.17) is 4.74 Å². The molecule has 0 aliphatic carbocycles. The first-order valence-corrected chi connectivity index (χ1v) is 5.95. The maximum absolute atomic E-state index is 12.9. The maximum atomic E-state index is 12.9. The fourth-order valence-corrected chi connectivity index (χ4v) is 2.27. The first kappa shape index (κ1) is 12.3. The Bertz CT molecular complexity index is 735. The minimum atomic E-state index is -0.424. The van der Waals surface area contributed by atoms with Gasteiger partial charge >= 0.3 is 0 Å². The first-order chi connectivity index (χ1) is 9.63. The molecule has 0 amide bonds. The van der Waals surface area contributed by atoms with Crippen LogP contribution in [0, 0.1) is 11.0 Å². The summed E-state index contributed by atoms with van der Waals surface area (Å²) in [7, 11) is 1.43. The molecule has 4 nitrogen and oxygen atoms in total. The third-order valence-electron chi connectivity index (χ3n) is 3.20. The Morgan fingerprint density at radius 2 is 1.85 bits per heavy atom. The highest BCUT2D eigenvalue weighted by Crippen LogP contribution is 2.36. The average Bonchev–Trinajstić information content (AvgIpc) is 2.72. The molecule has 0 fully saturated rings. The fraction of sp³-hybridized carbons (Fsp3) is 0.0667. The number of carbonyl (C=O) groups excluding carboxylic acids is 1. The van der Waals surface area contributed by atoms with E-state index in [9.17, 15) is 14.4 Å². The molecule has 0 spiro atoms. The summed E-state index contributed by atoms with van der Waals surface area (Å²) in [4.78, 5) is 12.3. The van der Waals surface area contributed by atoms with Crippen molar-refractivity contribution in [2.24, 2.45) is 0 Å². The molecular formula is C15H10FNO3. The van der Waals surface area contributed by atoms with Crippen molar-refractivity contribution in [1.29, 1.82) is 0 Å². The SMILES string of the molecule is COc1cccc2c1[N+]([O-])=C(c1ccc(F)cc1)C2=O. The summed E-state index contributed by atoms with van der Waals surface area (Å²) in [5, 5.41) is 12.4. The van der Waals surface area contributed by atoms with Crippen LogP contribution in [0.3, 0.4) is 0 Å². The number of rotatable bonds is 2. The van der Waals surface area contributed by atoms with Crippen LogP contribution in [0.2, 0.25) is 0 Å². The van der Waals surface area contributed by atoms with E-state index in [0.717, 1.165) is 0 Å². The molecular weight excluding hydrogens is 261 g/mol. The van der Waals surface area contributed by atoms with Crippen LogP contribution in [0.1, 0.15) is 15.9 Å². The number of benzene rings is 2. The lowest BCUT2D eigenvalue weighted by Gasteiger charge is -2.05. The second-order valence-corrected chi connectivity index (χ2v) is 4.34. The number of hydrogen-bond acceptors (Lipinski definition) is 3. The monoisotopic (exact) mass is 271 g/mol. The number of halogens is 1. The van der Waals surface area contributed by atoms with Gasteiger partial charge in [-0.3, -0.25) is 4.79 Å². The average molecular weight is 271 g/mol. The van der Waals surface area contributed by atoms with Crippen molar-refractivity contribution in [3.63, 3.8) is 0 Å². The molecule has 0 N–H and O–H groups in total. The smallest absolute Gasteiger partial charge is 0.273 e. The predicted octanol–water partition coefficient (Wildman–Crippen LogP) is 2.66. The van der Waals surface area contributed by atoms with Crippen molar-refractivity contribution in [2.75, 3.05) is 7.11 Å². The summed E-state index contributed by atoms with van der Waals surface area (Å²) in [5.74, 6) is -0.476. The lowest BCUT2D eigenvalue weighted by atomic mass is 10.0. The van der Waals surface area contributed by atoms with Crippen molar-refractivity contribution in [1.82, 2.24) is 0 Å². The number of para-hydroxylation sites is 1. The third-order valence-corrected chi connectivity index (χ3v) is 3.20. The summed E-state index contributed by atoms with van der Waals surface area (Å²) in [6.45, 7) is 0. The molecule has 0 saturated heterocycles. The quantitative estimate of drug-likeness (QED) is 0.623. The highest BCUT2D eigenvalue weighted by molar-refractivity contribution is 6.52. The largest absolute Gasteiger partial charge is 0.618 e. The number of ketones is 1. The molecule has 0 radical (unpaired) electrons. The van der Waals surface area contributed by atoms with E-state index in [-0.39, 0.29) is 17.2 Å². The van der Waals surface area contributed by atoms with E-state index in [1.807, 2.05) is 0 Å². The van der Waals surface area contributed by atoms with Crippen molar-refractivity contribution in [3.8, 4) is 5.75 Å². The van der Waals surface area contributed by atoms with Gasteiger partial charge < -0.3 is 9.94 Å². The van der Waals surface area contributed by atoms with E-state index in [0.29, 0.717) is 21.6 Å². The van der Waals surface area contributed by atoms with Crippen molar-refractivity contribution >= 4 is 17.2 Å². The Labute approximate surface area is 114 Å². The molecule has 1 aliphatic rings.